The number of quaternary nitrogens is 1. The number of hydrogen-bond donors (Lipinski definition) is 2. The lowest BCUT2D eigenvalue weighted by molar-refractivity contribution is -0.640. The van der Waals surface area contributed by atoms with Gasteiger partial charge >= 0.3 is 0 Å². The third kappa shape index (κ3) is 4.50. The molecule has 130 valence electrons. The summed E-state index contributed by atoms with van der Waals surface area (Å²) in [6.45, 7) is 9.45. The van der Waals surface area contributed by atoms with Crippen LogP contribution in [-0.2, 0) is 10.2 Å². The van der Waals surface area contributed by atoms with Crippen LogP contribution in [0, 0.1) is 0 Å². The van der Waals surface area contributed by atoms with Crippen LogP contribution in [0.25, 0.3) is 5.69 Å². The SMILES string of the molecule is CC[NH2+]CC(=O)Nc1cc(C(C)(C)C)nn1-c1ccc(Cl)c(Cl)c1. The van der Waals surface area contributed by atoms with Crippen molar-refractivity contribution >= 4 is 34.9 Å². The molecule has 1 aromatic heterocycles. The summed E-state index contributed by atoms with van der Waals surface area (Å²) in [5.74, 6) is 0.548. The maximum absolute atomic E-state index is 12.1. The third-order valence-corrected chi connectivity index (χ3v) is 4.25. The molecule has 2 aromatic rings. The van der Waals surface area contributed by atoms with Gasteiger partial charge < -0.3 is 10.6 Å². The van der Waals surface area contributed by atoms with E-state index in [9.17, 15) is 4.79 Å². The standard InChI is InChI=1S/C17H22Cl2N4O/c1-5-20-10-16(24)21-15-9-14(17(2,3)4)22-23(15)11-6-7-12(18)13(19)8-11/h6-9,20H,5,10H2,1-4H3,(H,21,24)/p+1. The molecule has 0 radical (unpaired) electrons. The van der Waals surface area contributed by atoms with Gasteiger partial charge in [0.05, 0.1) is 28.0 Å². The van der Waals surface area contributed by atoms with Gasteiger partial charge in [-0.1, -0.05) is 44.0 Å². The largest absolute Gasteiger partial charge is 0.339 e. The zero-order chi connectivity index (χ0) is 17.9. The lowest BCUT2D eigenvalue weighted by Gasteiger charge is -2.14. The van der Waals surface area contributed by atoms with Crippen molar-refractivity contribution in [2.45, 2.75) is 33.1 Å². The fourth-order valence-electron chi connectivity index (χ4n) is 2.12. The molecule has 2 rings (SSSR count). The highest BCUT2D eigenvalue weighted by Gasteiger charge is 2.22. The lowest BCUT2D eigenvalue weighted by Crippen LogP contribution is -2.85. The molecule has 0 bridgehead atoms. The topological polar surface area (TPSA) is 63.5 Å². The van der Waals surface area contributed by atoms with Crippen LogP contribution in [0.1, 0.15) is 33.4 Å². The molecule has 0 unspecified atom stereocenters. The number of amides is 1. The molecular formula is C17H23Cl2N4O+. The predicted molar refractivity (Wildman–Crippen MR) is 98.2 cm³/mol. The number of nitrogens with zero attached hydrogens (tertiary/aromatic N) is 2. The van der Waals surface area contributed by atoms with Crippen molar-refractivity contribution in [3.05, 3.63) is 40.0 Å². The normalized spacial score (nSPS) is 11.6. The first-order valence-electron chi connectivity index (χ1n) is 7.90. The van der Waals surface area contributed by atoms with Crippen LogP contribution in [0.2, 0.25) is 10.0 Å². The summed E-state index contributed by atoms with van der Waals surface area (Å²) in [4.78, 5) is 12.1. The summed E-state index contributed by atoms with van der Waals surface area (Å²) in [6.07, 6.45) is 0. The maximum atomic E-state index is 12.1. The van der Waals surface area contributed by atoms with Gasteiger partial charge in [-0.05, 0) is 25.1 Å². The molecule has 0 aliphatic rings. The Morgan fingerprint density at radius 3 is 2.54 bits per heavy atom. The monoisotopic (exact) mass is 369 g/mol. The molecule has 0 fully saturated rings. The fraction of sp³-hybridized carbons (Fsp3) is 0.412. The molecule has 0 aliphatic heterocycles. The summed E-state index contributed by atoms with van der Waals surface area (Å²) in [5, 5.41) is 10.4. The van der Waals surface area contributed by atoms with Crippen molar-refractivity contribution in [1.29, 1.82) is 0 Å². The predicted octanol–water partition coefficient (Wildman–Crippen LogP) is 3.00. The Morgan fingerprint density at radius 1 is 1.25 bits per heavy atom. The summed E-state index contributed by atoms with van der Waals surface area (Å²) >= 11 is 12.1. The van der Waals surface area contributed by atoms with Crippen LogP contribution in [0.15, 0.2) is 24.3 Å². The molecule has 24 heavy (non-hydrogen) atoms. The maximum Gasteiger partial charge on any atom is 0.280 e. The first kappa shape index (κ1) is 18.8. The van der Waals surface area contributed by atoms with E-state index >= 15 is 0 Å². The number of rotatable bonds is 5. The molecule has 1 amide bonds. The summed E-state index contributed by atoms with van der Waals surface area (Å²) in [5.41, 5.74) is 1.48. The second-order valence-corrected chi connectivity index (χ2v) is 7.44. The molecule has 0 saturated carbocycles. The highest BCUT2D eigenvalue weighted by molar-refractivity contribution is 6.42. The zero-order valence-corrected chi connectivity index (χ0v) is 15.9. The van der Waals surface area contributed by atoms with Gasteiger partial charge in [-0.15, -0.1) is 0 Å². The molecule has 5 nitrogen and oxygen atoms in total. The van der Waals surface area contributed by atoms with E-state index in [0.29, 0.717) is 22.4 Å². The Bertz CT molecular complexity index is 735. The third-order valence-electron chi connectivity index (χ3n) is 3.51. The van der Waals surface area contributed by atoms with E-state index < -0.39 is 0 Å². The molecule has 0 aliphatic carbocycles. The minimum atomic E-state index is -0.142. The number of aromatic nitrogens is 2. The van der Waals surface area contributed by atoms with Crippen LogP contribution in [-0.4, -0.2) is 28.8 Å². The molecule has 1 aromatic carbocycles. The van der Waals surface area contributed by atoms with Crippen LogP contribution in [0.5, 0.6) is 0 Å². The van der Waals surface area contributed by atoms with Crippen LogP contribution >= 0.6 is 23.2 Å². The smallest absolute Gasteiger partial charge is 0.280 e. The van der Waals surface area contributed by atoms with Gasteiger partial charge in [0, 0.05) is 11.5 Å². The van der Waals surface area contributed by atoms with Crippen LogP contribution < -0.4 is 10.6 Å². The molecule has 7 heteroatoms. The lowest BCUT2D eigenvalue weighted by atomic mass is 9.92. The minimum Gasteiger partial charge on any atom is -0.339 e. The molecule has 0 saturated heterocycles. The summed E-state index contributed by atoms with van der Waals surface area (Å²) < 4.78 is 1.69. The van der Waals surface area contributed by atoms with E-state index in [4.69, 9.17) is 23.2 Å². The zero-order valence-electron chi connectivity index (χ0n) is 14.4. The Hall–Kier alpha value is -1.56. The van der Waals surface area contributed by atoms with Crippen molar-refractivity contribution in [3.63, 3.8) is 0 Å². The van der Waals surface area contributed by atoms with Gasteiger partial charge in [-0.25, -0.2) is 4.68 Å². The minimum absolute atomic E-state index is 0.0708. The van der Waals surface area contributed by atoms with Gasteiger partial charge in [-0.2, -0.15) is 5.10 Å². The molecule has 0 spiro atoms. The van der Waals surface area contributed by atoms with Crippen LogP contribution in [0.4, 0.5) is 5.82 Å². The summed E-state index contributed by atoms with van der Waals surface area (Å²) in [6, 6.07) is 7.17. The molecule has 1 heterocycles. The van der Waals surface area contributed by atoms with Crippen molar-refractivity contribution in [2.75, 3.05) is 18.4 Å². The van der Waals surface area contributed by atoms with Gasteiger partial charge in [0.15, 0.2) is 6.54 Å². The number of nitrogens with two attached hydrogens (primary N) is 1. The Kier molecular flexibility index (Phi) is 5.91. The Labute approximate surface area is 152 Å². The van der Waals surface area contributed by atoms with Crippen molar-refractivity contribution < 1.29 is 10.1 Å². The average Bonchev–Trinajstić information content (AvgIpc) is 2.92. The number of nitrogens with one attached hydrogen (secondary N) is 1. The second kappa shape index (κ2) is 7.55. The molecule has 3 N–H and O–H groups in total. The van der Waals surface area contributed by atoms with Crippen molar-refractivity contribution in [1.82, 2.24) is 9.78 Å². The number of likely N-dealkylation sites (N-methyl/N-ethyl adjacent to an activating group) is 1. The quantitative estimate of drug-likeness (QED) is 0.850. The highest BCUT2D eigenvalue weighted by Crippen LogP contribution is 2.29. The Balaban J connectivity index is 2.42. The van der Waals surface area contributed by atoms with E-state index in [0.717, 1.165) is 17.9 Å². The van der Waals surface area contributed by atoms with Gasteiger partial charge in [-0.3, -0.25) is 4.79 Å². The van der Waals surface area contributed by atoms with E-state index in [1.165, 1.54) is 0 Å². The van der Waals surface area contributed by atoms with E-state index in [2.05, 4.69) is 31.2 Å². The molecular weight excluding hydrogens is 347 g/mol. The first-order chi connectivity index (χ1) is 11.2. The second-order valence-electron chi connectivity index (χ2n) is 6.62. The summed E-state index contributed by atoms with van der Waals surface area (Å²) in [7, 11) is 0. The van der Waals surface area contributed by atoms with Gasteiger partial charge in [0.25, 0.3) is 5.91 Å². The van der Waals surface area contributed by atoms with Crippen molar-refractivity contribution in [2.24, 2.45) is 0 Å². The first-order valence-corrected chi connectivity index (χ1v) is 8.65. The van der Waals surface area contributed by atoms with E-state index in [1.807, 2.05) is 24.4 Å². The number of carbonyl (C=O) groups excluding carboxylic acids is 1. The fourth-order valence-corrected chi connectivity index (χ4v) is 2.41. The number of hydrogen-bond acceptors (Lipinski definition) is 2. The van der Waals surface area contributed by atoms with E-state index in [1.54, 1.807) is 16.8 Å². The van der Waals surface area contributed by atoms with Crippen molar-refractivity contribution in [3.8, 4) is 5.69 Å². The average molecular weight is 370 g/mol. The number of anilines is 1. The number of carbonyl (C=O) groups is 1. The molecule has 0 atom stereocenters. The van der Waals surface area contributed by atoms with Gasteiger partial charge in [0.2, 0.25) is 0 Å². The van der Waals surface area contributed by atoms with Gasteiger partial charge in [0.1, 0.15) is 5.82 Å². The number of halogens is 2. The van der Waals surface area contributed by atoms with Crippen LogP contribution in [0.3, 0.4) is 0 Å². The number of benzene rings is 1. The highest BCUT2D eigenvalue weighted by atomic mass is 35.5. The van der Waals surface area contributed by atoms with E-state index in [-0.39, 0.29) is 11.3 Å². The Morgan fingerprint density at radius 2 is 1.96 bits per heavy atom.